The Bertz CT molecular complexity index is 231. The Morgan fingerprint density at radius 2 is 1.87 bits per heavy atom. The number of nitrogens with zero attached hydrogens (tertiary/aromatic N) is 3. The summed E-state index contributed by atoms with van der Waals surface area (Å²) in [7, 11) is 2.21. The molecule has 3 heteroatoms. The standard InChI is InChI=1S/C12H26N3/c1-6-11-10-13(5)12(15(11)9-4)14(7-2)8-3/h11H,6-10H2,1-5H3/q+1. The molecule has 0 bridgehead atoms. The molecule has 0 saturated heterocycles. The third kappa shape index (κ3) is 2.27. The molecule has 0 amide bonds. The molecule has 0 radical (unpaired) electrons. The van der Waals surface area contributed by atoms with Crippen molar-refractivity contribution in [3.05, 3.63) is 0 Å². The van der Waals surface area contributed by atoms with Crippen LogP contribution in [0, 0.1) is 0 Å². The van der Waals surface area contributed by atoms with Crippen molar-refractivity contribution in [1.29, 1.82) is 0 Å². The van der Waals surface area contributed by atoms with E-state index >= 15 is 0 Å². The molecule has 1 aliphatic heterocycles. The molecule has 1 rings (SSSR count). The average Bonchev–Trinajstić information content (AvgIpc) is 2.57. The summed E-state index contributed by atoms with van der Waals surface area (Å²) in [6, 6.07) is 0.704. The largest absolute Gasteiger partial charge is 0.350 e. The maximum absolute atomic E-state index is 2.55. The highest BCUT2D eigenvalue weighted by Crippen LogP contribution is 2.14. The van der Waals surface area contributed by atoms with Crippen LogP contribution in [0.15, 0.2) is 0 Å². The Kier molecular flexibility index (Phi) is 4.43. The second-order valence-electron chi connectivity index (χ2n) is 4.20. The molecule has 15 heavy (non-hydrogen) atoms. The van der Waals surface area contributed by atoms with Gasteiger partial charge < -0.3 is 0 Å². The molecule has 0 aromatic heterocycles. The Balaban J connectivity index is 2.88. The smallest absolute Gasteiger partial charge is 0.265 e. The van der Waals surface area contributed by atoms with Gasteiger partial charge in [0, 0.05) is 0 Å². The van der Waals surface area contributed by atoms with Crippen LogP contribution in [0.25, 0.3) is 0 Å². The molecule has 1 unspecified atom stereocenters. The molecular weight excluding hydrogens is 186 g/mol. The highest BCUT2D eigenvalue weighted by Gasteiger charge is 2.37. The zero-order chi connectivity index (χ0) is 11.4. The van der Waals surface area contributed by atoms with E-state index in [1.165, 1.54) is 18.9 Å². The van der Waals surface area contributed by atoms with Crippen LogP contribution in [-0.2, 0) is 0 Å². The molecule has 0 aliphatic carbocycles. The Morgan fingerprint density at radius 3 is 2.27 bits per heavy atom. The summed E-state index contributed by atoms with van der Waals surface area (Å²) in [6.07, 6.45) is 1.24. The molecule has 1 heterocycles. The van der Waals surface area contributed by atoms with E-state index in [0.29, 0.717) is 6.04 Å². The van der Waals surface area contributed by atoms with E-state index in [0.717, 1.165) is 19.6 Å². The van der Waals surface area contributed by atoms with Crippen LogP contribution < -0.4 is 0 Å². The van der Waals surface area contributed by atoms with E-state index in [2.05, 4.69) is 49.1 Å². The first-order chi connectivity index (χ1) is 7.19. The number of likely N-dealkylation sites (N-methyl/N-ethyl adjacent to an activating group) is 2. The fourth-order valence-corrected chi connectivity index (χ4v) is 2.56. The van der Waals surface area contributed by atoms with Gasteiger partial charge in [0.1, 0.15) is 6.04 Å². The minimum Gasteiger partial charge on any atom is -0.265 e. The molecule has 0 aromatic rings. The number of hydrogen-bond donors (Lipinski definition) is 0. The van der Waals surface area contributed by atoms with Crippen LogP contribution in [0.3, 0.4) is 0 Å². The van der Waals surface area contributed by atoms with E-state index in [4.69, 9.17) is 0 Å². The summed E-state index contributed by atoms with van der Waals surface area (Å²) >= 11 is 0. The van der Waals surface area contributed by atoms with Crippen molar-refractivity contribution in [2.45, 2.75) is 40.2 Å². The van der Waals surface area contributed by atoms with Crippen molar-refractivity contribution in [2.75, 3.05) is 33.2 Å². The Labute approximate surface area is 94.4 Å². The third-order valence-corrected chi connectivity index (χ3v) is 3.38. The maximum Gasteiger partial charge on any atom is 0.350 e. The predicted octanol–water partition coefficient (Wildman–Crippen LogP) is 1.44. The fourth-order valence-electron chi connectivity index (χ4n) is 2.56. The van der Waals surface area contributed by atoms with Crippen molar-refractivity contribution in [2.24, 2.45) is 0 Å². The Hall–Kier alpha value is -0.730. The van der Waals surface area contributed by atoms with Gasteiger partial charge in [0.25, 0.3) is 0 Å². The lowest BCUT2D eigenvalue weighted by Crippen LogP contribution is -2.46. The zero-order valence-electron chi connectivity index (χ0n) is 11.0. The summed E-state index contributed by atoms with van der Waals surface area (Å²) in [4.78, 5) is 5.01. The van der Waals surface area contributed by atoms with Gasteiger partial charge in [-0.15, -0.1) is 0 Å². The summed E-state index contributed by atoms with van der Waals surface area (Å²) < 4.78 is 2.41. The number of rotatable bonds is 4. The summed E-state index contributed by atoms with van der Waals surface area (Å²) in [5, 5.41) is 0. The zero-order valence-corrected chi connectivity index (χ0v) is 11.0. The van der Waals surface area contributed by atoms with Crippen molar-refractivity contribution < 1.29 is 4.58 Å². The first kappa shape index (κ1) is 12.3. The molecule has 0 N–H and O–H groups in total. The molecule has 0 fully saturated rings. The van der Waals surface area contributed by atoms with Gasteiger partial charge in [-0.3, -0.25) is 14.4 Å². The second-order valence-corrected chi connectivity index (χ2v) is 4.20. The molecule has 0 aromatic carbocycles. The van der Waals surface area contributed by atoms with Gasteiger partial charge in [0.2, 0.25) is 0 Å². The lowest BCUT2D eigenvalue weighted by atomic mass is 10.2. The molecule has 3 nitrogen and oxygen atoms in total. The van der Waals surface area contributed by atoms with Crippen LogP contribution in [-0.4, -0.2) is 59.6 Å². The second kappa shape index (κ2) is 5.38. The van der Waals surface area contributed by atoms with Crippen LogP contribution in [0.1, 0.15) is 34.1 Å². The maximum atomic E-state index is 2.55. The quantitative estimate of drug-likeness (QED) is 0.652. The van der Waals surface area contributed by atoms with Gasteiger partial charge in [-0.05, 0) is 27.2 Å². The molecule has 1 aliphatic rings. The summed E-state index contributed by atoms with van der Waals surface area (Å²) in [6.45, 7) is 13.5. The van der Waals surface area contributed by atoms with Gasteiger partial charge in [0.05, 0.1) is 33.2 Å². The molecular formula is C12H26N3+. The van der Waals surface area contributed by atoms with Crippen LogP contribution >= 0.6 is 0 Å². The molecule has 88 valence electrons. The van der Waals surface area contributed by atoms with Crippen molar-refractivity contribution >= 4 is 5.96 Å². The summed E-state index contributed by atoms with van der Waals surface area (Å²) in [5.41, 5.74) is 0. The SMILES string of the molecule is CCC1C[N+](C)=C(N(CC)CC)N1CC. The first-order valence-corrected chi connectivity index (χ1v) is 6.29. The van der Waals surface area contributed by atoms with Crippen molar-refractivity contribution in [1.82, 2.24) is 9.80 Å². The minimum absolute atomic E-state index is 0.704. The highest BCUT2D eigenvalue weighted by atomic mass is 15.4. The van der Waals surface area contributed by atoms with Gasteiger partial charge in [0.15, 0.2) is 0 Å². The number of guanidine groups is 1. The van der Waals surface area contributed by atoms with Crippen LogP contribution in [0.2, 0.25) is 0 Å². The third-order valence-electron chi connectivity index (χ3n) is 3.38. The van der Waals surface area contributed by atoms with Gasteiger partial charge in [-0.1, -0.05) is 6.92 Å². The van der Waals surface area contributed by atoms with Gasteiger partial charge in [-0.2, -0.15) is 0 Å². The molecule has 0 saturated carbocycles. The van der Waals surface area contributed by atoms with Gasteiger partial charge in [-0.25, -0.2) is 0 Å². The predicted molar refractivity (Wildman–Crippen MR) is 65.4 cm³/mol. The van der Waals surface area contributed by atoms with E-state index in [9.17, 15) is 0 Å². The van der Waals surface area contributed by atoms with E-state index in [1.54, 1.807) is 0 Å². The first-order valence-electron chi connectivity index (χ1n) is 6.29. The monoisotopic (exact) mass is 212 g/mol. The lowest BCUT2D eigenvalue weighted by Gasteiger charge is -2.24. The Morgan fingerprint density at radius 1 is 1.27 bits per heavy atom. The van der Waals surface area contributed by atoms with Gasteiger partial charge >= 0.3 is 5.96 Å². The fraction of sp³-hybridized carbons (Fsp3) is 0.917. The van der Waals surface area contributed by atoms with Crippen LogP contribution in [0.4, 0.5) is 0 Å². The topological polar surface area (TPSA) is 9.49 Å². The average molecular weight is 212 g/mol. The lowest BCUT2D eigenvalue weighted by molar-refractivity contribution is -0.495. The van der Waals surface area contributed by atoms with Crippen molar-refractivity contribution in [3.63, 3.8) is 0 Å². The normalized spacial score (nSPS) is 21.4. The van der Waals surface area contributed by atoms with Crippen molar-refractivity contribution in [3.8, 4) is 0 Å². The molecule has 1 atom stereocenters. The number of hydrogen-bond acceptors (Lipinski definition) is 2. The van der Waals surface area contributed by atoms with E-state index in [1.807, 2.05) is 0 Å². The molecule has 0 spiro atoms. The highest BCUT2D eigenvalue weighted by molar-refractivity contribution is 5.76. The minimum atomic E-state index is 0.704. The van der Waals surface area contributed by atoms with E-state index in [-0.39, 0.29) is 0 Å². The summed E-state index contributed by atoms with van der Waals surface area (Å²) in [5.74, 6) is 1.43. The van der Waals surface area contributed by atoms with E-state index < -0.39 is 0 Å². The van der Waals surface area contributed by atoms with Crippen LogP contribution in [0.5, 0.6) is 0 Å².